The average Bonchev–Trinajstić information content (AvgIpc) is 3.53. The van der Waals surface area contributed by atoms with Gasteiger partial charge in [0.2, 0.25) is 0 Å². The Morgan fingerprint density at radius 2 is 1.89 bits per heavy atom. The van der Waals surface area contributed by atoms with Gasteiger partial charge in [-0.1, -0.05) is 0 Å². The Balaban J connectivity index is 1.51. The standard InChI is InChI=1S/C20H28N2O5/c1-3-27-20(2,15-4-5-15)19(24)21-16-6-8-17(9-7-16)26-14-18(23)22-10-12-25-13-11-22/h6-9,15H,3-5,10-14H2,1-2H3,(H,21,24)/t20-/m0/s1. The van der Waals surface area contributed by atoms with Gasteiger partial charge in [0.15, 0.2) is 6.61 Å². The summed E-state index contributed by atoms with van der Waals surface area (Å²) >= 11 is 0. The molecule has 2 aliphatic rings. The second kappa shape index (κ2) is 8.71. The molecule has 0 bridgehead atoms. The van der Waals surface area contributed by atoms with Gasteiger partial charge in [0.1, 0.15) is 11.4 Å². The number of benzene rings is 1. The van der Waals surface area contributed by atoms with E-state index in [4.69, 9.17) is 14.2 Å². The molecule has 1 saturated heterocycles. The molecule has 2 fully saturated rings. The fourth-order valence-electron chi connectivity index (χ4n) is 3.24. The van der Waals surface area contributed by atoms with Crippen molar-refractivity contribution in [2.75, 3.05) is 44.8 Å². The Hall–Kier alpha value is -2.12. The monoisotopic (exact) mass is 376 g/mol. The fourth-order valence-corrected chi connectivity index (χ4v) is 3.24. The number of rotatable bonds is 8. The average molecular weight is 376 g/mol. The molecule has 1 aromatic carbocycles. The van der Waals surface area contributed by atoms with Crippen LogP contribution in [0.15, 0.2) is 24.3 Å². The van der Waals surface area contributed by atoms with E-state index in [0.29, 0.717) is 44.3 Å². The molecule has 7 nitrogen and oxygen atoms in total. The van der Waals surface area contributed by atoms with Crippen molar-refractivity contribution in [3.8, 4) is 5.75 Å². The van der Waals surface area contributed by atoms with Gasteiger partial charge in [-0.3, -0.25) is 9.59 Å². The van der Waals surface area contributed by atoms with Crippen LogP contribution in [0, 0.1) is 5.92 Å². The van der Waals surface area contributed by atoms with Gasteiger partial charge >= 0.3 is 0 Å². The van der Waals surface area contributed by atoms with E-state index < -0.39 is 5.60 Å². The highest BCUT2D eigenvalue weighted by atomic mass is 16.5. The largest absolute Gasteiger partial charge is 0.484 e. The van der Waals surface area contributed by atoms with Crippen LogP contribution in [-0.4, -0.2) is 61.8 Å². The first-order valence-corrected chi connectivity index (χ1v) is 9.56. The molecular weight excluding hydrogens is 348 g/mol. The molecule has 1 aliphatic heterocycles. The summed E-state index contributed by atoms with van der Waals surface area (Å²) in [7, 11) is 0. The van der Waals surface area contributed by atoms with Gasteiger partial charge in [0, 0.05) is 25.4 Å². The molecule has 1 aromatic rings. The molecule has 2 amide bonds. The zero-order valence-electron chi connectivity index (χ0n) is 16.0. The van der Waals surface area contributed by atoms with Gasteiger partial charge in [-0.15, -0.1) is 0 Å². The van der Waals surface area contributed by atoms with Crippen molar-refractivity contribution >= 4 is 17.5 Å². The zero-order chi connectivity index (χ0) is 19.3. The number of anilines is 1. The topological polar surface area (TPSA) is 77.1 Å². The second-order valence-electron chi connectivity index (χ2n) is 7.07. The van der Waals surface area contributed by atoms with E-state index in [1.165, 1.54) is 0 Å². The van der Waals surface area contributed by atoms with Crippen LogP contribution in [0.25, 0.3) is 0 Å². The summed E-state index contributed by atoms with van der Waals surface area (Å²) in [6.45, 7) is 6.61. The predicted molar refractivity (Wildman–Crippen MR) is 101 cm³/mol. The quantitative estimate of drug-likeness (QED) is 0.752. The van der Waals surface area contributed by atoms with Crippen LogP contribution < -0.4 is 10.1 Å². The van der Waals surface area contributed by atoms with Crippen molar-refractivity contribution in [2.24, 2.45) is 5.92 Å². The summed E-state index contributed by atoms with van der Waals surface area (Å²) in [6, 6.07) is 7.03. The Morgan fingerprint density at radius 3 is 2.48 bits per heavy atom. The first-order chi connectivity index (χ1) is 13.0. The second-order valence-corrected chi connectivity index (χ2v) is 7.07. The minimum absolute atomic E-state index is 0.00417. The van der Waals surface area contributed by atoms with Gasteiger partial charge in [-0.25, -0.2) is 0 Å². The number of carbonyl (C=O) groups excluding carboxylic acids is 2. The molecule has 0 spiro atoms. The molecule has 1 heterocycles. The van der Waals surface area contributed by atoms with Crippen molar-refractivity contribution in [3.05, 3.63) is 24.3 Å². The number of carbonyl (C=O) groups is 2. The maximum absolute atomic E-state index is 12.7. The molecule has 27 heavy (non-hydrogen) atoms. The third kappa shape index (κ3) is 4.99. The van der Waals surface area contributed by atoms with E-state index in [1.807, 2.05) is 13.8 Å². The van der Waals surface area contributed by atoms with Crippen molar-refractivity contribution in [1.82, 2.24) is 4.90 Å². The number of morpholine rings is 1. The number of nitrogens with zero attached hydrogens (tertiary/aromatic N) is 1. The van der Waals surface area contributed by atoms with E-state index in [-0.39, 0.29) is 24.3 Å². The molecule has 7 heteroatoms. The van der Waals surface area contributed by atoms with Crippen LogP contribution in [0.1, 0.15) is 26.7 Å². The van der Waals surface area contributed by atoms with Gasteiger partial charge in [-0.2, -0.15) is 0 Å². The third-order valence-electron chi connectivity index (χ3n) is 5.09. The molecule has 1 aliphatic carbocycles. The Bertz CT molecular complexity index is 653. The van der Waals surface area contributed by atoms with E-state index in [1.54, 1.807) is 29.2 Å². The minimum atomic E-state index is -0.783. The predicted octanol–water partition coefficient (Wildman–Crippen LogP) is 2.07. The van der Waals surface area contributed by atoms with Crippen molar-refractivity contribution < 1.29 is 23.8 Å². The first-order valence-electron chi connectivity index (χ1n) is 9.56. The highest BCUT2D eigenvalue weighted by Crippen LogP contribution is 2.42. The molecule has 0 unspecified atom stereocenters. The fraction of sp³-hybridized carbons (Fsp3) is 0.600. The number of hydrogen-bond donors (Lipinski definition) is 1. The van der Waals surface area contributed by atoms with Crippen LogP contribution in [-0.2, 0) is 19.1 Å². The van der Waals surface area contributed by atoms with Crippen molar-refractivity contribution in [1.29, 1.82) is 0 Å². The molecule has 1 atom stereocenters. The maximum atomic E-state index is 12.7. The molecule has 1 saturated carbocycles. The molecule has 0 aromatic heterocycles. The van der Waals surface area contributed by atoms with Crippen LogP contribution in [0.2, 0.25) is 0 Å². The Kier molecular flexibility index (Phi) is 6.34. The summed E-state index contributed by atoms with van der Waals surface area (Å²) in [5.41, 5.74) is -0.104. The molecule has 3 rings (SSSR count). The minimum Gasteiger partial charge on any atom is -0.484 e. The maximum Gasteiger partial charge on any atom is 0.260 e. The van der Waals surface area contributed by atoms with Crippen LogP contribution in [0.3, 0.4) is 0 Å². The molecule has 0 radical (unpaired) electrons. The van der Waals surface area contributed by atoms with Gasteiger partial charge in [0.05, 0.1) is 13.2 Å². The lowest BCUT2D eigenvalue weighted by Crippen LogP contribution is -2.44. The lowest BCUT2D eigenvalue weighted by molar-refractivity contribution is -0.141. The van der Waals surface area contributed by atoms with Crippen LogP contribution in [0.5, 0.6) is 5.75 Å². The first kappa shape index (κ1) is 19.6. The highest BCUT2D eigenvalue weighted by molar-refractivity contribution is 5.97. The number of nitrogens with one attached hydrogen (secondary N) is 1. The third-order valence-corrected chi connectivity index (χ3v) is 5.09. The summed E-state index contributed by atoms with van der Waals surface area (Å²) in [5, 5.41) is 2.92. The zero-order valence-corrected chi connectivity index (χ0v) is 16.0. The summed E-state index contributed by atoms with van der Waals surface area (Å²) in [4.78, 5) is 26.5. The molecule has 1 N–H and O–H groups in total. The smallest absolute Gasteiger partial charge is 0.260 e. The number of ether oxygens (including phenoxy) is 3. The lowest BCUT2D eigenvalue weighted by atomic mass is 9.99. The van der Waals surface area contributed by atoms with E-state index >= 15 is 0 Å². The SMILES string of the molecule is CCO[C@](C)(C(=O)Nc1ccc(OCC(=O)N2CCOCC2)cc1)C1CC1. The Labute approximate surface area is 160 Å². The number of hydrogen-bond acceptors (Lipinski definition) is 5. The van der Waals surface area contributed by atoms with Gasteiger partial charge in [0.25, 0.3) is 11.8 Å². The summed E-state index contributed by atoms with van der Waals surface area (Å²) < 4.78 is 16.5. The summed E-state index contributed by atoms with van der Waals surface area (Å²) in [6.07, 6.45) is 2.04. The lowest BCUT2D eigenvalue weighted by Gasteiger charge is -2.28. The van der Waals surface area contributed by atoms with Crippen molar-refractivity contribution in [3.63, 3.8) is 0 Å². The van der Waals surface area contributed by atoms with Crippen molar-refractivity contribution in [2.45, 2.75) is 32.3 Å². The normalized spacial score (nSPS) is 19.3. The van der Waals surface area contributed by atoms with Gasteiger partial charge < -0.3 is 24.4 Å². The summed E-state index contributed by atoms with van der Waals surface area (Å²) in [5.74, 6) is 0.700. The van der Waals surface area contributed by atoms with E-state index in [0.717, 1.165) is 12.8 Å². The van der Waals surface area contributed by atoms with E-state index in [9.17, 15) is 9.59 Å². The molecular formula is C20H28N2O5. The Morgan fingerprint density at radius 1 is 1.22 bits per heavy atom. The molecule has 148 valence electrons. The van der Waals surface area contributed by atoms with E-state index in [2.05, 4.69) is 5.32 Å². The number of amides is 2. The van der Waals surface area contributed by atoms with Gasteiger partial charge in [-0.05, 0) is 56.9 Å². The van der Waals surface area contributed by atoms with Crippen LogP contribution >= 0.6 is 0 Å². The van der Waals surface area contributed by atoms with Crippen LogP contribution in [0.4, 0.5) is 5.69 Å². The highest BCUT2D eigenvalue weighted by Gasteiger charge is 2.48.